The van der Waals surface area contributed by atoms with Gasteiger partial charge in [0.2, 0.25) is 5.91 Å². The highest BCUT2D eigenvalue weighted by Crippen LogP contribution is 2.01. The molecule has 1 amide bonds. The smallest absolute Gasteiger partial charge is 0.307 e. The van der Waals surface area contributed by atoms with Gasteiger partial charge in [0, 0.05) is 6.61 Å². The van der Waals surface area contributed by atoms with Crippen molar-refractivity contribution in [2.24, 2.45) is 0 Å². The predicted octanol–water partition coefficient (Wildman–Crippen LogP) is 1.18. The van der Waals surface area contributed by atoms with E-state index >= 15 is 0 Å². The van der Waals surface area contributed by atoms with Gasteiger partial charge in [-0.05, 0) is 12.5 Å². The summed E-state index contributed by atoms with van der Waals surface area (Å²) in [4.78, 5) is 22.3. The summed E-state index contributed by atoms with van der Waals surface area (Å²) in [5.74, 6) is -1.26. The summed E-state index contributed by atoms with van der Waals surface area (Å²) in [6, 6.07) is 9.24. The second kappa shape index (κ2) is 7.45. The summed E-state index contributed by atoms with van der Waals surface area (Å²) in [6.07, 6.45) is -0.804. The Balaban J connectivity index is 2.48. The highest BCUT2D eigenvalue weighted by atomic mass is 16.5. The first-order valence-corrected chi connectivity index (χ1v) is 5.78. The fraction of sp³-hybridized carbons (Fsp3) is 0.385. The minimum atomic E-state index is -1.01. The van der Waals surface area contributed by atoms with E-state index in [-0.39, 0.29) is 18.7 Å². The third kappa shape index (κ3) is 5.45. The fourth-order valence-corrected chi connectivity index (χ4v) is 1.52. The summed E-state index contributed by atoms with van der Waals surface area (Å²) in [5.41, 5.74) is 0.876. The number of hydrogen-bond donors (Lipinski definition) is 2. The monoisotopic (exact) mass is 251 g/mol. The minimum Gasteiger partial charge on any atom is -0.481 e. The van der Waals surface area contributed by atoms with Crippen LogP contribution in [0.5, 0.6) is 0 Å². The number of ether oxygens (including phenoxy) is 1. The van der Waals surface area contributed by atoms with Crippen LogP contribution < -0.4 is 5.32 Å². The van der Waals surface area contributed by atoms with Crippen LogP contribution in [0.25, 0.3) is 0 Å². The molecule has 1 rings (SSSR count). The van der Waals surface area contributed by atoms with Crippen molar-refractivity contribution in [2.45, 2.75) is 26.0 Å². The minimum absolute atomic E-state index is 0.212. The average Bonchev–Trinajstić information content (AvgIpc) is 2.29. The highest BCUT2D eigenvalue weighted by Gasteiger charge is 2.15. The molecule has 0 aromatic heterocycles. The number of benzene rings is 1. The van der Waals surface area contributed by atoms with E-state index in [1.165, 1.54) is 0 Å². The summed E-state index contributed by atoms with van der Waals surface area (Å²) < 4.78 is 5.15. The molecule has 5 heteroatoms. The van der Waals surface area contributed by atoms with Gasteiger partial charge in [-0.2, -0.15) is 0 Å². The third-order valence-electron chi connectivity index (χ3n) is 2.26. The molecule has 0 radical (unpaired) electrons. The molecular weight excluding hydrogens is 234 g/mol. The van der Waals surface area contributed by atoms with E-state index in [0.717, 1.165) is 5.56 Å². The molecule has 2 N–H and O–H groups in total. The molecular formula is C13H17NO4. The third-order valence-corrected chi connectivity index (χ3v) is 2.26. The lowest BCUT2D eigenvalue weighted by molar-refractivity contribution is -0.141. The van der Waals surface area contributed by atoms with E-state index in [2.05, 4.69) is 5.32 Å². The first kappa shape index (κ1) is 14.2. The molecule has 0 aliphatic carbocycles. The number of carbonyl (C=O) groups excluding carboxylic acids is 1. The van der Waals surface area contributed by atoms with Crippen molar-refractivity contribution in [3.05, 3.63) is 35.9 Å². The van der Waals surface area contributed by atoms with Crippen molar-refractivity contribution in [3.8, 4) is 0 Å². The maximum atomic E-state index is 11.7. The van der Waals surface area contributed by atoms with Crippen LogP contribution in [0.15, 0.2) is 30.3 Å². The molecule has 0 saturated heterocycles. The molecule has 0 spiro atoms. The summed E-state index contributed by atoms with van der Waals surface area (Å²) in [7, 11) is 0. The van der Waals surface area contributed by atoms with Gasteiger partial charge < -0.3 is 15.2 Å². The topological polar surface area (TPSA) is 75.6 Å². The SMILES string of the molecule is CCOC(CC(=O)O)NC(=O)Cc1ccccc1. The Morgan fingerprint density at radius 1 is 1.33 bits per heavy atom. The van der Waals surface area contributed by atoms with Crippen LogP contribution in [0.3, 0.4) is 0 Å². The van der Waals surface area contributed by atoms with Crippen LogP contribution in [0, 0.1) is 0 Å². The maximum absolute atomic E-state index is 11.7. The number of amides is 1. The lowest BCUT2D eigenvalue weighted by Gasteiger charge is -2.16. The van der Waals surface area contributed by atoms with Crippen LogP contribution in [-0.2, 0) is 20.7 Å². The zero-order valence-electron chi connectivity index (χ0n) is 10.3. The maximum Gasteiger partial charge on any atom is 0.307 e. The molecule has 0 saturated carbocycles. The molecule has 0 aliphatic rings. The number of carbonyl (C=O) groups is 2. The van der Waals surface area contributed by atoms with Crippen LogP contribution in [-0.4, -0.2) is 29.8 Å². The van der Waals surface area contributed by atoms with E-state index in [1.807, 2.05) is 30.3 Å². The van der Waals surface area contributed by atoms with Gasteiger partial charge in [0.05, 0.1) is 12.8 Å². The number of carboxylic acid groups (broad SMARTS) is 1. The van der Waals surface area contributed by atoms with Crippen LogP contribution >= 0.6 is 0 Å². The number of nitrogens with one attached hydrogen (secondary N) is 1. The molecule has 0 heterocycles. The van der Waals surface area contributed by atoms with Crippen molar-refractivity contribution in [1.82, 2.24) is 5.32 Å². The average molecular weight is 251 g/mol. The van der Waals surface area contributed by atoms with Gasteiger partial charge in [0.1, 0.15) is 6.23 Å². The zero-order valence-corrected chi connectivity index (χ0v) is 10.3. The normalized spacial score (nSPS) is 11.8. The first-order valence-electron chi connectivity index (χ1n) is 5.78. The first-order chi connectivity index (χ1) is 8.61. The second-order valence-electron chi connectivity index (χ2n) is 3.77. The van der Waals surface area contributed by atoms with Crippen molar-refractivity contribution in [2.75, 3.05) is 6.61 Å². The molecule has 1 unspecified atom stereocenters. The Bertz CT molecular complexity index is 391. The van der Waals surface area contributed by atoms with E-state index in [9.17, 15) is 9.59 Å². The molecule has 0 bridgehead atoms. The fourth-order valence-electron chi connectivity index (χ4n) is 1.52. The van der Waals surface area contributed by atoms with Gasteiger partial charge >= 0.3 is 5.97 Å². The van der Waals surface area contributed by atoms with Gasteiger partial charge in [-0.25, -0.2) is 0 Å². The number of hydrogen-bond acceptors (Lipinski definition) is 3. The predicted molar refractivity (Wildman–Crippen MR) is 66.0 cm³/mol. The Labute approximate surface area is 106 Å². The number of rotatable bonds is 7. The summed E-state index contributed by atoms with van der Waals surface area (Å²) >= 11 is 0. The van der Waals surface area contributed by atoms with Gasteiger partial charge in [0.25, 0.3) is 0 Å². The van der Waals surface area contributed by atoms with Gasteiger partial charge in [-0.15, -0.1) is 0 Å². The largest absolute Gasteiger partial charge is 0.481 e. The van der Waals surface area contributed by atoms with Gasteiger partial charge in [-0.3, -0.25) is 9.59 Å². The van der Waals surface area contributed by atoms with E-state index in [4.69, 9.17) is 9.84 Å². The second-order valence-corrected chi connectivity index (χ2v) is 3.77. The molecule has 1 aromatic carbocycles. The molecule has 0 aliphatic heterocycles. The zero-order chi connectivity index (χ0) is 13.4. The lowest BCUT2D eigenvalue weighted by Crippen LogP contribution is -2.39. The van der Waals surface area contributed by atoms with Crippen molar-refractivity contribution < 1.29 is 19.4 Å². The van der Waals surface area contributed by atoms with E-state index in [0.29, 0.717) is 6.61 Å². The summed E-state index contributed by atoms with van der Waals surface area (Å²) in [5, 5.41) is 11.2. The quantitative estimate of drug-likeness (QED) is 0.713. The Morgan fingerprint density at radius 3 is 2.56 bits per heavy atom. The van der Waals surface area contributed by atoms with Crippen LogP contribution in [0.2, 0.25) is 0 Å². The highest BCUT2D eigenvalue weighted by molar-refractivity contribution is 5.79. The lowest BCUT2D eigenvalue weighted by atomic mass is 10.1. The van der Waals surface area contributed by atoms with Crippen molar-refractivity contribution >= 4 is 11.9 Å². The summed E-state index contributed by atoms with van der Waals surface area (Å²) in [6.45, 7) is 2.10. The van der Waals surface area contributed by atoms with Gasteiger partial charge in [-0.1, -0.05) is 30.3 Å². The van der Waals surface area contributed by atoms with Crippen LogP contribution in [0.4, 0.5) is 0 Å². The molecule has 98 valence electrons. The Morgan fingerprint density at radius 2 is 2.00 bits per heavy atom. The Kier molecular flexibility index (Phi) is 5.87. The van der Waals surface area contributed by atoms with Gasteiger partial charge in [0.15, 0.2) is 0 Å². The molecule has 1 atom stereocenters. The standard InChI is InChI=1S/C13H17NO4/c1-2-18-12(9-13(16)17)14-11(15)8-10-6-4-3-5-7-10/h3-7,12H,2,8-9H2,1H3,(H,14,15)(H,16,17). The molecule has 1 aromatic rings. The number of aliphatic carboxylic acids is 1. The molecule has 18 heavy (non-hydrogen) atoms. The Hall–Kier alpha value is -1.88. The van der Waals surface area contributed by atoms with Crippen LogP contribution in [0.1, 0.15) is 18.9 Å². The van der Waals surface area contributed by atoms with Crippen molar-refractivity contribution in [3.63, 3.8) is 0 Å². The van der Waals surface area contributed by atoms with Crippen molar-refractivity contribution in [1.29, 1.82) is 0 Å². The molecule has 5 nitrogen and oxygen atoms in total. The van der Waals surface area contributed by atoms with E-state index in [1.54, 1.807) is 6.92 Å². The number of carboxylic acids is 1. The van der Waals surface area contributed by atoms with E-state index < -0.39 is 12.2 Å². The molecule has 0 fully saturated rings.